The molecule has 2 rings (SSSR count). The minimum absolute atomic E-state index is 0.0975. The van der Waals surface area contributed by atoms with Gasteiger partial charge < -0.3 is 5.73 Å². The van der Waals surface area contributed by atoms with Crippen molar-refractivity contribution in [1.82, 2.24) is 10.2 Å². The molecule has 0 spiro atoms. The summed E-state index contributed by atoms with van der Waals surface area (Å²) in [7, 11) is -3.75. The van der Waals surface area contributed by atoms with Gasteiger partial charge in [-0.05, 0) is 31.9 Å². The minimum Gasteiger partial charge on any atom is -0.397 e. The van der Waals surface area contributed by atoms with E-state index in [0.717, 1.165) is 5.56 Å². The van der Waals surface area contributed by atoms with Crippen LogP contribution in [0.3, 0.4) is 0 Å². The van der Waals surface area contributed by atoms with Gasteiger partial charge in [0.1, 0.15) is 9.90 Å². The first kappa shape index (κ1) is 13.8. The molecule has 1 heterocycles. The Morgan fingerprint density at radius 3 is 2.37 bits per heavy atom. The van der Waals surface area contributed by atoms with E-state index in [4.69, 9.17) is 5.73 Å². The Morgan fingerprint density at radius 1 is 1.16 bits per heavy atom. The van der Waals surface area contributed by atoms with Gasteiger partial charge in [0.2, 0.25) is 5.13 Å². The van der Waals surface area contributed by atoms with E-state index in [1.54, 1.807) is 32.9 Å². The number of aryl methyl sites for hydroxylation is 3. The molecular weight excluding hydrogens is 284 g/mol. The van der Waals surface area contributed by atoms with E-state index < -0.39 is 10.0 Å². The fourth-order valence-electron chi connectivity index (χ4n) is 1.67. The zero-order chi connectivity index (χ0) is 14.2. The second kappa shape index (κ2) is 4.78. The highest BCUT2D eigenvalue weighted by molar-refractivity contribution is 7.93. The van der Waals surface area contributed by atoms with E-state index in [1.165, 1.54) is 11.3 Å². The lowest BCUT2D eigenvalue weighted by atomic mass is 10.1. The van der Waals surface area contributed by atoms with Crippen LogP contribution in [0, 0.1) is 20.8 Å². The largest absolute Gasteiger partial charge is 0.397 e. The van der Waals surface area contributed by atoms with Crippen molar-refractivity contribution in [3.63, 3.8) is 0 Å². The van der Waals surface area contributed by atoms with E-state index in [2.05, 4.69) is 14.9 Å². The number of anilines is 2. The number of hydrogen-bond acceptors (Lipinski definition) is 6. The normalized spacial score (nSPS) is 11.5. The number of nitrogens with zero attached hydrogens (tertiary/aromatic N) is 2. The van der Waals surface area contributed by atoms with Gasteiger partial charge in [0.05, 0.1) is 5.69 Å². The van der Waals surface area contributed by atoms with Gasteiger partial charge in [-0.25, -0.2) is 8.42 Å². The molecule has 0 bridgehead atoms. The van der Waals surface area contributed by atoms with Gasteiger partial charge in [0.15, 0.2) is 0 Å². The number of benzene rings is 1. The predicted molar refractivity (Wildman–Crippen MR) is 75.8 cm³/mol. The monoisotopic (exact) mass is 298 g/mol. The third kappa shape index (κ3) is 2.69. The zero-order valence-electron chi connectivity index (χ0n) is 10.8. The summed E-state index contributed by atoms with van der Waals surface area (Å²) >= 11 is 1.17. The van der Waals surface area contributed by atoms with Crippen LogP contribution in [0.2, 0.25) is 0 Å². The fourth-order valence-corrected chi connectivity index (χ4v) is 3.92. The Morgan fingerprint density at radius 2 is 1.79 bits per heavy atom. The number of nitrogens with one attached hydrogen (secondary N) is 1. The average molecular weight is 298 g/mol. The quantitative estimate of drug-likeness (QED) is 0.843. The van der Waals surface area contributed by atoms with Crippen LogP contribution in [0.5, 0.6) is 0 Å². The van der Waals surface area contributed by atoms with Gasteiger partial charge in [-0.3, -0.25) is 4.72 Å². The van der Waals surface area contributed by atoms with Crippen LogP contribution >= 0.6 is 11.3 Å². The maximum atomic E-state index is 12.4. The summed E-state index contributed by atoms with van der Waals surface area (Å²) in [6, 6.07) is 3.52. The minimum atomic E-state index is -3.75. The molecule has 8 heteroatoms. The molecule has 0 aliphatic rings. The molecule has 1 aromatic heterocycles. The van der Waals surface area contributed by atoms with Crippen molar-refractivity contribution in [3.05, 3.63) is 28.3 Å². The van der Waals surface area contributed by atoms with Crippen LogP contribution in [0.15, 0.2) is 17.0 Å². The van der Waals surface area contributed by atoms with Gasteiger partial charge in [-0.2, -0.15) is 0 Å². The summed E-state index contributed by atoms with van der Waals surface area (Å²) < 4.78 is 27.1. The van der Waals surface area contributed by atoms with Gasteiger partial charge in [-0.1, -0.05) is 23.5 Å². The molecular formula is C11H14N4O2S2. The van der Waals surface area contributed by atoms with Gasteiger partial charge in [-0.15, -0.1) is 10.2 Å². The molecule has 19 heavy (non-hydrogen) atoms. The molecule has 0 fully saturated rings. The summed E-state index contributed by atoms with van der Waals surface area (Å²) in [5, 5.41) is 8.43. The van der Waals surface area contributed by atoms with Crippen molar-refractivity contribution in [2.24, 2.45) is 0 Å². The molecule has 3 N–H and O–H groups in total. The van der Waals surface area contributed by atoms with E-state index >= 15 is 0 Å². The van der Waals surface area contributed by atoms with Crippen LogP contribution in [-0.2, 0) is 10.0 Å². The highest BCUT2D eigenvalue weighted by atomic mass is 32.2. The number of nitrogens with two attached hydrogens (primary N) is 1. The Balaban J connectivity index is 2.48. The Labute approximate surface area is 115 Å². The third-order valence-corrected chi connectivity index (χ3v) is 5.05. The number of rotatable bonds is 3. The molecule has 0 amide bonds. The number of aromatic nitrogens is 2. The highest BCUT2D eigenvalue weighted by Gasteiger charge is 2.22. The van der Waals surface area contributed by atoms with Crippen molar-refractivity contribution in [2.75, 3.05) is 10.5 Å². The second-order valence-corrected chi connectivity index (χ2v) is 6.97. The first-order valence-corrected chi connectivity index (χ1v) is 7.80. The number of nitrogen functional groups attached to an aromatic ring is 1. The smallest absolute Gasteiger partial charge is 0.266 e. The van der Waals surface area contributed by atoms with Crippen molar-refractivity contribution in [2.45, 2.75) is 25.7 Å². The molecule has 0 saturated carbocycles. The van der Waals surface area contributed by atoms with Gasteiger partial charge in [0.25, 0.3) is 10.0 Å². The van der Waals surface area contributed by atoms with E-state index in [-0.39, 0.29) is 15.7 Å². The number of hydrogen-bond donors (Lipinski definition) is 2. The van der Waals surface area contributed by atoms with Crippen molar-refractivity contribution in [3.8, 4) is 0 Å². The molecule has 0 saturated heterocycles. The molecule has 102 valence electrons. The Hall–Kier alpha value is -1.67. The van der Waals surface area contributed by atoms with Crippen LogP contribution in [-0.4, -0.2) is 18.6 Å². The maximum Gasteiger partial charge on any atom is 0.266 e. The van der Waals surface area contributed by atoms with Crippen LogP contribution < -0.4 is 10.5 Å². The highest BCUT2D eigenvalue weighted by Crippen LogP contribution is 2.28. The fraction of sp³-hybridized carbons (Fsp3) is 0.273. The number of sulfonamides is 1. The average Bonchev–Trinajstić information content (AvgIpc) is 2.68. The van der Waals surface area contributed by atoms with Crippen molar-refractivity contribution < 1.29 is 8.42 Å². The van der Waals surface area contributed by atoms with Gasteiger partial charge >= 0.3 is 0 Å². The lowest BCUT2D eigenvalue weighted by molar-refractivity contribution is 0.601. The first-order chi connectivity index (χ1) is 8.81. The maximum absolute atomic E-state index is 12.4. The first-order valence-electron chi connectivity index (χ1n) is 5.50. The van der Waals surface area contributed by atoms with E-state index in [0.29, 0.717) is 10.6 Å². The summed E-state index contributed by atoms with van der Waals surface area (Å²) in [4.78, 5) is 0.0975. The zero-order valence-corrected chi connectivity index (χ0v) is 12.4. The summed E-state index contributed by atoms with van der Waals surface area (Å²) in [5.74, 6) is 0. The van der Waals surface area contributed by atoms with Crippen molar-refractivity contribution >= 4 is 32.2 Å². The summed E-state index contributed by atoms with van der Waals surface area (Å²) in [6.45, 7) is 5.22. The predicted octanol–water partition coefficient (Wildman–Crippen LogP) is 1.85. The molecule has 6 nitrogen and oxygen atoms in total. The second-order valence-electron chi connectivity index (χ2n) is 4.17. The summed E-state index contributed by atoms with van der Waals surface area (Å²) in [5.41, 5.74) is 7.45. The molecule has 0 atom stereocenters. The lowest BCUT2D eigenvalue weighted by Gasteiger charge is -2.12. The molecule has 0 radical (unpaired) electrons. The summed E-state index contributed by atoms with van der Waals surface area (Å²) in [6.07, 6.45) is 0. The van der Waals surface area contributed by atoms with E-state index in [1.807, 2.05) is 0 Å². The molecule has 2 aromatic rings. The topological polar surface area (TPSA) is 98.0 Å². The van der Waals surface area contributed by atoms with Crippen LogP contribution in [0.4, 0.5) is 10.8 Å². The van der Waals surface area contributed by atoms with Gasteiger partial charge in [0, 0.05) is 0 Å². The van der Waals surface area contributed by atoms with Crippen LogP contribution in [0.25, 0.3) is 0 Å². The Kier molecular flexibility index (Phi) is 3.46. The lowest BCUT2D eigenvalue weighted by Crippen LogP contribution is -2.16. The van der Waals surface area contributed by atoms with Crippen LogP contribution in [0.1, 0.15) is 16.1 Å². The molecule has 0 aliphatic heterocycles. The standard InChI is InChI=1S/C11H14N4O2S2/c1-6-4-5-7(2)10(9(6)12)19(16,17)15-11-14-13-8(3)18-11/h4-5H,12H2,1-3H3,(H,14,15). The molecule has 1 aromatic carbocycles. The van der Waals surface area contributed by atoms with E-state index in [9.17, 15) is 8.42 Å². The molecule has 0 unspecified atom stereocenters. The third-order valence-electron chi connectivity index (χ3n) is 2.63. The SMILES string of the molecule is Cc1nnc(NS(=O)(=O)c2c(C)ccc(C)c2N)s1. The molecule has 0 aliphatic carbocycles. The Bertz CT molecular complexity index is 722. The van der Waals surface area contributed by atoms with Crippen molar-refractivity contribution in [1.29, 1.82) is 0 Å².